The van der Waals surface area contributed by atoms with E-state index in [-0.39, 0.29) is 0 Å². The Kier molecular flexibility index (Phi) is 9.65. The zero-order chi connectivity index (χ0) is 35.9. The maximum absolute atomic E-state index is 13.6. The first kappa shape index (κ1) is 41.2. The highest BCUT2D eigenvalue weighted by Crippen LogP contribution is 2.67. The highest BCUT2D eigenvalue weighted by molar-refractivity contribution is 7.85. The van der Waals surface area contributed by atoms with Crippen molar-refractivity contribution in [2.75, 3.05) is 5.75 Å². The van der Waals surface area contributed by atoms with E-state index in [1.54, 1.807) is 0 Å². The van der Waals surface area contributed by atoms with Crippen LogP contribution in [0.5, 0.6) is 0 Å². The summed E-state index contributed by atoms with van der Waals surface area (Å²) in [6, 6.07) is 0. The highest BCUT2D eigenvalue weighted by Gasteiger charge is 2.99. The average Bonchev–Trinajstić information content (AvgIpc) is 2.75. The topological polar surface area (TPSA) is 54.4 Å². The maximum atomic E-state index is 13.6. The third kappa shape index (κ3) is 5.39. The van der Waals surface area contributed by atoms with E-state index >= 15 is 0 Å². The Hall–Kier alpha value is -1.84. The third-order valence-electron chi connectivity index (χ3n) is 5.04. The molecule has 260 valence electrons. The van der Waals surface area contributed by atoms with Crippen LogP contribution in [0, 0.1) is 0 Å². The summed E-state index contributed by atoms with van der Waals surface area (Å²) in [6.07, 6.45) is -11.7. The molecule has 0 saturated heterocycles. The Bertz CT molecular complexity index is 1130. The molecule has 0 aliphatic heterocycles. The van der Waals surface area contributed by atoms with Crippen molar-refractivity contribution in [3.8, 4) is 0 Å². The van der Waals surface area contributed by atoms with Crippen LogP contribution in [-0.2, 0) is 10.1 Å². The van der Waals surface area contributed by atoms with Crippen LogP contribution < -0.4 is 0 Å². The van der Waals surface area contributed by atoms with Gasteiger partial charge in [-0.1, -0.05) is 0 Å². The van der Waals surface area contributed by atoms with E-state index in [2.05, 4.69) is 0 Å². The van der Waals surface area contributed by atoms with E-state index in [4.69, 9.17) is 4.55 Å². The summed E-state index contributed by atoms with van der Waals surface area (Å²) in [5, 5.41) is 0. The van der Waals surface area contributed by atoms with Crippen molar-refractivity contribution >= 4 is 10.1 Å². The van der Waals surface area contributed by atoms with Gasteiger partial charge in [-0.2, -0.15) is 118 Å². The second-order valence-corrected chi connectivity index (χ2v) is 9.55. The lowest BCUT2D eigenvalue weighted by molar-refractivity contribution is -0.482. The van der Waals surface area contributed by atoms with Crippen LogP contribution in [0.1, 0.15) is 6.42 Å². The minimum absolute atomic E-state index is 2.88. The van der Waals surface area contributed by atoms with Gasteiger partial charge in [-0.25, -0.2) is 0 Å². The molecule has 0 unspecified atom stereocenters. The molecule has 0 rings (SSSR count). The van der Waals surface area contributed by atoms with Crippen LogP contribution >= 0.6 is 0 Å². The number of alkyl halides is 25. The van der Waals surface area contributed by atoms with Gasteiger partial charge in [-0.3, -0.25) is 4.55 Å². The molecule has 0 spiro atoms. The Morgan fingerprint density at radius 1 is 0.349 bits per heavy atom. The van der Waals surface area contributed by atoms with E-state index in [1.807, 2.05) is 0 Å². The van der Waals surface area contributed by atoms with Gasteiger partial charge in [0.15, 0.2) is 0 Å². The third-order valence-corrected chi connectivity index (χ3v) is 5.76. The van der Waals surface area contributed by atoms with Crippen molar-refractivity contribution in [3.63, 3.8) is 0 Å². The molecule has 0 aliphatic carbocycles. The van der Waals surface area contributed by atoms with Crippen molar-refractivity contribution in [1.29, 1.82) is 0 Å². The molecule has 0 aliphatic rings. The predicted octanol–water partition coefficient (Wildman–Crippen LogP) is 7.81. The molecule has 43 heavy (non-hydrogen) atoms. The van der Waals surface area contributed by atoms with Crippen molar-refractivity contribution < 1.29 is 123 Å². The number of halogens is 25. The summed E-state index contributed by atoms with van der Waals surface area (Å²) in [5.41, 5.74) is 0. The molecule has 0 aromatic heterocycles. The second kappa shape index (κ2) is 10.1. The van der Waals surface area contributed by atoms with Gasteiger partial charge in [0.1, 0.15) is 0 Å². The number of hydrogen-bond acceptors (Lipinski definition) is 2. The Balaban J connectivity index is 7.29. The molecule has 0 aromatic rings. The first-order valence-corrected chi connectivity index (χ1v) is 10.7. The summed E-state index contributed by atoms with van der Waals surface area (Å²) >= 11 is 0. The largest absolute Gasteiger partial charge is 0.460 e. The van der Waals surface area contributed by atoms with Crippen LogP contribution in [0.2, 0.25) is 0 Å². The lowest BCUT2D eigenvalue weighted by atomic mass is 9.84. The molecule has 3 nitrogen and oxygen atoms in total. The van der Waals surface area contributed by atoms with Gasteiger partial charge < -0.3 is 0 Å². The molecule has 0 radical (unpaired) electrons. The standard InChI is InChI=1S/C14H5F25O3S/c15-3(16,1-2-43(40,41)42)4(17,18)5(19,20)6(21,22)7(23,24)8(25,26)9(27,28)10(29,30)11(31,32)12(33,34)13(35,36)14(37,38)39/h1-2H2,(H,40,41,42). The van der Waals surface area contributed by atoms with Crippen LogP contribution in [-0.4, -0.2) is 90.0 Å². The number of rotatable bonds is 13. The summed E-state index contributed by atoms with van der Waals surface area (Å²) < 4.78 is 359. The Labute approximate surface area is 217 Å². The fourth-order valence-electron chi connectivity index (χ4n) is 2.40. The van der Waals surface area contributed by atoms with Crippen molar-refractivity contribution in [2.24, 2.45) is 0 Å². The van der Waals surface area contributed by atoms with E-state index in [0.717, 1.165) is 0 Å². The molecule has 1 N–H and O–H groups in total. The molecule has 0 aromatic carbocycles. The second-order valence-electron chi connectivity index (χ2n) is 7.98. The lowest BCUT2D eigenvalue weighted by Crippen LogP contribution is -2.78. The molecule has 0 atom stereocenters. The maximum Gasteiger partial charge on any atom is 0.460 e. The molecular weight excluding hydrogens is 723 g/mol. The van der Waals surface area contributed by atoms with Crippen LogP contribution in [0.3, 0.4) is 0 Å². The highest BCUT2D eigenvalue weighted by atomic mass is 32.2. The molecule has 0 heterocycles. The van der Waals surface area contributed by atoms with Crippen molar-refractivity contribution in [3.05, 3.63) is 0 Å². The van der Waals surface area contributed by atoms with Crippen LogP contribution in [0.15, 0.2) is 0 Å². The van der Waals surface area contributed by atoms with Crippen LogP contribution in [0.25, 0.3) is 0 Å². The lowest BCUT2D eigenvalue weighted by Gasteiger charge is -2.45. The predicted molar refractivity (Wildman–Crippen MR) is 81.5 cm³/mol. The fourth-order valence-corrected chi connectivity index (χ4v) is 2.91. The zero-order valence-corrected chi connectivity index (χ0v) is 19.4. The van der Waals surface area contributed by atoms with Gasteiger partial charge >= 0.3 is 71.3 Å². The molecule has 0 amide bonds. The van der Waals surface area contributed by atoms with Gasteiger partial charge in [-0.15, -0.1) is 0 Å². The number of hydrogen-bond donors (Lipinski definition) is 1. The van der Waals surface area contributed by atoms with Gasteiger partial charge in [-0.05, 0) is 0 Å². The summed E-state index contributed by atoms with van der Waals surface area (Å²) in [7, 11) is -5.98. The van der Waals surface area contributed by atoms with Crippen molar-refractivity contribution in [1.82, 2.24) is 0 Å². The average molecular weight is 728 g/mol. The first-order valence-electron chi connectivity index (χ1n) is 9.13. The normalized spacial score (nSPS) is 17.0. The molecule has 29 heteroatoms. The van der Waals surface area contributed by atoms with E-state index in [1.165, 1.54) is 0 Å². The monoisotopic (exact) mass is 728 g/mol. The van der Waals surface area contributed by atoms with E-state index in [0.29, 0.717) is 0 Å². The fraction of sp³-hybridized carbons (Fsp3) is 1.00. The van der Waals surface area contributed by atoms with E-state index in [9.17, 15) is 118 Å². The molecule has 0 bridgehead atoms. The smallest absolute Gasteiger partial charge is 0.286 e. The Morgan fingerprint density at radius 2 is 0.535 bits per heavy atom. The van der Waals surface area contributed by atoms with Gasteiger partial charge in [0.2, 0.25) is 0 Å². The van der Waals surface area contributed by atoms with Gasteiger partial charge in [0.05, 0.1) is 5.75 Å². The Morgan fingerprint density at radius 3 is 0.721 bits per heavy atom. The molecule has 0 fully saturated rings. The van der Waals surface area contributed by atoms with Gasteiger partial charge in [0, 0.05) is 6.42 Å². The first-order chi connectivity index (χ1) is 18.0. The van der Waals surface area contributed by atoms with E-state index < -0.39 is 93.6 Å². The van der Waals surface area contributed by atoms with Crippen molar-refractivity contribution in [2.45, 2.75) is 77.7 Å². The molecular formula is C14H5F25O3S. The van der Waals surface area contributed by atoms with Gasteiger partial charge in [0.25, 0.3) is 10.1 Å². The summed E-state index contributed by atoms with van der Waals surface area (Å²) in [5.74, 6) is -103. The molecule has 0 saturated carbocycles. The SMILES string of the molecule is O=S(=O)(O)CCC(F)(F)C(F)(F)C(F)(F)C(F)(F)C(F)(F)C(F)(F)C(F)(F)C(F)(F)C(F)(F)C(F)(F)C(F)(F)C(F)(F)F. The summed E-state index contributed by atoms with van der Waals surface area (Å²) in [4.78, 5) is 0. The summed E-state index contributed by atoms with van der Waals surface area (Å²) in [6.45, 7) is 0. The minimum atomic E-state index is -9.68. The zero-order valence-electron chi connectivity index (χ0n) is 18.5. The van der Waals surface area contributed by atoms with Crippen LogP contribution in [0.4, 0.5) is 110 Å². The minimum Gasteiger partial charge on any atom is -0.286 e. The quantitative estimate of drug-likeness (QED) is 0.156.